The molecule has 1 fully saturated rings. The first-order valence-electron chi connectivity index (χ1n) is 6.91. The van der Waals surface area contributed by atoms with Crippen LogP contribution in [0.5, 0.6) is 0 Å². The van der Waals surface area contributed by atoms with Crippen molar-refractivity contribution >= 4 is 17.4 Å². The van der Waals surface area contributed by atoms with Gasteiger partial charge in [0, 0.05) is 17.8 Å². The number of aryl methyl sites for hydroxylation is 1. The third-order valence-electron chi connectivity index (χ3n) is 3.91. The molecule has 0 bridgehead atoms. The van der Waals surface area contributed by atoms with Gasteiger partial charge in [0.15, 0.2) is 0 Å². The van der Waals surface area contributed by atoms with Gasteiger partial charge in [-0.1, -0.05) is 12.8 Å². The Morgan fingerprint density at radius 1 is 1.43 bits per heavy atom. The molecular weight excluding hydrogens is 274 g/mol. The summed E-state index contributed by atoms with van der Waals surface area (Å²) in [5.41, 5.74) is 0.577. The zero-order valence-corrected chi connectivity index (χ0v) is 11.9. The summed E-state index contributed by atoms with van der Waals surface area (Å²) in [6.07, 6.45) is 3.49. The number of carbonyl (C=O) groups is 1. The average Bonchev–Trinajstić information content (AvgIpc) is 2.90. The van der Waals surface area contributed by atoms with Gasteiger partial charge in [-0.05, 0) is 31.4 Å². The van der Waals surface area contributed by atoms with E-state index in [0.29, 0.717) is 11.3 Å². The van der Waals surface area contributed by atoms with Gasteiger partial charge in [0.25, 0.3) is 5.69 Å². The topological polar surface area (TPSA) is 105 Å². The summed E-state index contributed by atoms with van der Waals surface area (Å²) in [5, 5.41) is 25.6. The standard InChI is InChI=1S/C14H19N3O4/c1-10-8-11(17(20)21)4-5-12(10)15-13(19)16-14(9-18)6-2-3-7-14/h4-5,8,18H,2-3,6-7,9H2,1H3,(H2,15,16,19). The Balaban J connectivity index is 2.04. The molecule has 0 spiro atoms. The van der Waals surface area contributed by atoms with E-state index in [1.165, 1.54) is 18.2 Å². The van der Waals surface area contributed by atoms with Crippen LogP contribution in [0.25, 0.3) is 0 Å². The number of rotatable bonds is 4. The molecule has 0 heterocycles. The highest BCUT2D eigenvalue weighted by Gasteiger charge is 2.34. The first-order valence-corrected chi connectivity index (χ1v) is 6.91. The zero-order chi connectivity index (χ0) is 15.5. The molecule has 2 rings (SSSR count). The zero-order valence-electron chi connectivity index (χ0n) is 11.9. The molecule has 7 heteroatoms. The highest BCUT2D eigenvalue weighted by Crippen LogP contribution is 2.29. The van der Waals surface area contributed by atoms with Gasteiger partial charge in [-0.15, -0.1) is 0 Å². The van der Waals surface area contributed by atoms with Crippen LogP contribution in [0.15, 0.2) is 18.2 Å². The van der Waals surface area contributed by atoms with Crippen molar-refractivity contribution in [3.63, 3.8) is 0 Å². The molecule has 0 unspecified atom stereocenters. The number of amides is 2. The van der Waals surface area contributed by atoms with Gasteiger partial charge in [0.1, 0.15) is 0 Å². The number of urea groups is 1. The van der Waals surface area contributed by atoms with Crippen LogP contribution in [-0.4, -0.2) is 28.2 Å². The summed E-state index contributed by atoms with van der Waals surface area (Å²) in [6.45, 7) is 1.61. The normalized spacial score (nSPS) is 16.5. The fraction of sp³-hybridized carbons (Fsp3) is 0.500. The second-order valence-electron chi connectivity index (χ2n) is 5.48. The van der Waals surface area contributed by atoms with E-state index in [9.17, 15) is 20.0 Å². The van der Waals surface area contributed by atoms with Crippen LogP contribution >= 0.6 is 0 Å². The number of nitrogens with one attached hydrogen (secondary N) is 2. The first kappa shape index (κ1) is 15.2. The highest BCUT2D eigenvalue weighted by molar-refractivity contribution is 5.90. The molecule has 1 saturated carbocycles. The summed E-state index contributed by atoms with van der Waals surface area (Å²) >= 11 is 0. The van der Waals surface area contributed by atoms with E-state index in [-0.39, 0.29) is 12.3 Å². The third-order valence-corrected chi connectivity index (χ3v) is 3.91. The second-order valence-corrected chi connectivity index (χ2v) is 5.48. The molecular formula is C14H19N3O4. The van der Waals surface area contributed by atoms with E-state index in [0.717, 1.165) is 25.7 Å². The molecule has 21 heavy (non-hydrogen) atoms. The van der Waals surface area contributed by atoms with Crippen molar-refractivity contribution in [1.29, 1.82) is 0 Å². The minimum atomic E-state index is -0.543. The number of anilines is 1. The van der Waals surface area contributed by atoms with Gasteiger partial charge in [-0.25, -0.2) is 4.79 Å². The smallest absolute Gasteiger partial charge is 0.319 e. The van der Waals surface area contributed by atoms with Crippen molar-refractivity contribution in [3.8, 4) is 0 Å². The molecule has 0 aliphatic heterocycles. The number of aliphatic hydroxyl groups excluding tert-OH is 1. The minimum absolute atomic E-state index is 0.0129. The molecule has 0 radical (unpaired) electrons. The second kappa shape index (κ2) is 6.09. The van der Waals surface area contributed by atoms with E-state index in [4.69, 9.17) is 0 Å². The van der Waals surface area contributed by atoms with E-state index in [1.807, 2.05) is 0 Å². The van der Waals surface area contributed by atoms with Crippen LogP contribution in [0.3, 0.4) is 0 Å². The third kappa shape index (κ3) is 3.49. The Kier molecular flexibility index (Phi) is 4.42. The van der Waals surface area contributed by atoms with Gasteiger partial charge >= 0.3 is 6.03 Å². The summed E-state index contributed by atoms with van der Waals surface area (Å²) in [4.78, 5) is 22.2. The number of carbonyl (C=O) groups excluding carboxylic acids is 1. The Bertz CT molecular complexity index is 553. The average molecular weight is 293 g/mol. The number of benzene rings is 1. The lowest BCUT2D eigenvalue weighted by atomic mass is 9.99. The van der Waals surface area contributed by atoms with Gasteiger partial charge in [0.05, 0.1) is 17.1 Å². The van der Waals surface area contributed by atoms with Crippen LogP contribution < -0.4 is 10.6 Å². The highest BCUT2D eigenvalue weighted by atomic mass is 16.6. The first-order chi connectivity index (χ1) is 9.96. The fourth-order valence-electron chi connectivity index (χ4n) is 2.67. The van der Waals surface area contributed by atoms with Crippen molar-refractivity contribution in [2.45, 2.75) is 38.1 Å². The van der Waals surface area contributed by atoms with Gasteiger partial charge in [-0.2, -0.15) is 0 Å². The van der Waals surface area contributed by atoms with Crippen molar-refractivity contribution in [3.05, 3.63) is 33.9 Å². The Hall–Kier alpha value is -2.15. The van der Waals surface area contributed by atoms with Crippen molar-refractivity contribution in [2.75, 3.05) is 11.9 Å². The van der Waals surface area contributed by atoms with E-state index >= 15 is 0 Å². The number of nitrogens with zero attached hydrogens (tertiary/aromatic N) is 1. The monoisotopic (exact) mass is 293 g/mol. The van der Waals surface area contributed by atoms with Crippen molar-refractivity contribution in [1.82, 2.24) is 5.32 Å². The fourth-order valence-corrected chi connectivity index (χ4v) is 2.67. The number of hydrogen-bond acceptors (Lipinski definition) is 4. The van der Waals surface area contributed by atoms with Crippen molar-refractivity contribution in [2.24, 2.45) is 0 Å². The summed E-state index contributed by atoms with van der Waals surface area (Å²) < 4.78 is 0. The molecule has 3 N–H and O–H groups in total. The van der Waals surface area contributed by atoms with Crippen LogP contribution in [0.4, 0.5) is 16.2 Å². The Morgan fingerprint density at radius 3 is 2.62 bits per heavy atom. The van der Waals surface area contributed by atoms with Gasteiger partial charge in [0.2, 0.25) is 0 Å². The molecule has 0 saturated heterocycles. The predicted molar refractivity (Wildman–Crippen MR) is 78.3 cm³/mol. The van der Waals surface area contributed by atoms with Gasteiger partial charge in [-0.3, -0.25) is 10.1 Å². The molecule has 1 aromatic rings. The molecule has 0 aromatic heterocycles. The minimum Gasteiger partial charge on any atom is -0.394 e. The largest absolute Gasteiger partial charge is 0.394 e. The number of non-ortho nitro benzene ring substituents is 1. The maximum atomic E-state index is 12.0. The maximum absolute atomic E-state index is 12.0. The number of aliphatic hydroxyl groups is 1. The van der Waals surface area contributed by atoms with Crippen molar-refractivity contribution < 1.29 is 14.8 Å². The van der Waals surface area contributed by atoms with Crippen LogP contribution in [0.1, 0.15) is 31.2 Å². The quantitative estimate of drug-likeness (QED) is 0.585. The van der Waals surface area contributed by atoms with Gasteiger partial charge < -0.3 is 15.7 Å². The van der Waals surface area contributed by atoms with E-state index < -0.39 is 16.5 Å². The van der Waals surface area contributed by atoms with E-state index in [2.05, 4.69) is 10.6 Å². The Labute approximate surface area is 122 Å². The van der Waals surface area contributed by atoms with Crippen LogP contribution in [0, 0.1) is 17.0 Å². The summed E-state index contributed by atoms with van der Waals surface area (Å²) in [7, 11) is 0. The number of hydrogen-bond donors (Lipinski definition) is 3. The SMILES string of the molecule is Cc1cc([N+](=O)[O-])ccc1NC(=O)NC1(CO)CCCC1. The molecule has 1 aromatic carbocycles. The van der Waals surface area contributed by atoms with Crippen LogP contribution in [-0.2, 0) is 0 Å². The lowest BCUT2D eigenvalue weighted by Crippen LogP contribution is -2.50. The Morgan fingerprint density at radius 2 is 2.10 bits per heavy atom. The summed E-state index contributed by atoms with van der Waals surface area (Å²) in [6, 6.07) is 3.86. The molecule has 7 nitrogen and oxygen atoms in total. The lowest BCUT2D eigenvalue weighted by Gasteiger charge is -2.28. The predicted octanol–water partition coefficient (Wildman–Crippen LogP) is 2.33. The van der Waals surface area contributed by atoms with Crippen LogP contribution in [0.2, 0.25) is 0 Å². The number of nitro groups is 1. The summed E-state index contributed by atoms with van der Waals surface area (Å²) in [5.74, 6) is 0. The molecule has 2 amide bonds. The lowest BCUT2D eigenvalue weighted by molar-refractivity contribution is -0.384. The molecule has 114 valence electrons. The van der Waals surface area contributed by atoms with E-state index in [1.54, 1.807) is 6.92 Å². The number of nitro benzene ring substituents is 1. The molecule has 1 aliphatic carbocycles. The maximum Gasteiger partial charge on any atom is 0.319 e. The molecule has 1 aliphatic rings. The molecule has 0 atom stereocenters.